The zero-order valence-corrected chi connectivity index (χ0v) is 5.01. The van der Waals surface area contributed by atoms with E-state index >= 15 is 0 Å². The molecule has 0 rings (SSSR count). The molecule has 0 aromatic carbocycles. The minimum atomic E-state index is -1.02. The summed E-state index contributed by atoms with van der Waals surface area (Å²) in [6, 6.07) is 0. The maximum atomic E-state index is 11.5. The lowest BCUT2D eigenvalue weighted by Crippen LogP contribution is -2.23. The molecule has 0 aliphatic rings. The number of aliphatic carboxylic acids is 1. The summed E-state index contributed by atoms with van der Waals surface area (Å²) in [5.74, 6) is -1.73. The van der Waals surface area contributed by atoms with E-state index in [1.165, 1.54) is 0 Å². The second-order valence-electron chi connectivity index (χ2n) is 1.75. The summed E-state index contributed by atoms with van der Waals surface area (Å²) >= 11 is 0. The van der Waals surface area contributed by atoms with Gasteiger partial charge in [-0.3, -0.25) is 9.18 Å². The van der Waals surface area contributed by atoms with Gasteiger partial charge in [-0.05, 0) is 6.42 Å². The quantitative estimate of drug-likeness (QED) is 0.570. The molecule has 0 aromatic rings. The first-order chi connectivity index (χ1) is 4.22. The predicted octanol–water partition coefficient (Wildman–Crippen LogP) is 0.00550. The van der Waals surface area contributed by atoms with Crippen LogP contribution in [0.5, 0.6) is 0 Å². The van der Waals surface area contributed by atoms with Crippen molar-refractivity contribution in [2.24, 2.45) is 11.7 Å². The van der Waals surface area contributed by atoms with Crippen LogP contribution in [0.15, 0.2) is 0 Å². The average molecular weight is 135 g/mol. The SMILES string of the molecule is NCC(CCF)C(=O)O. The predicted molar refractivity (Wildman–Crippen MR) is 30.8 cm³/mol. The van der Waals surface area contributed by atoms with Crippen LogP contribution < -0.4 is 5.73 Å². The molecule has 0 saturated carbocycles. The van der Waals surface area contributed by atoms with Gasteiger partial charge in [0.1, 0.15) is 0 Å². The Morgan fingerprint density at radius 2 is 2.33 bits per heavy atom. The van der Waals surface area contributed by atoms with Crippen LogP contribution >= 0.6 is 0 Å². The van der Waals surface area contributed by atoms with Gasteiger partial charge in [-0.1, -0.05) is 0 Å². The monoisotopic (exact) mass is 135 g/mol. The van der Waals surface area contributed by atoms with Crippen LogP contribution in [0.2, 0.25) is 0 Å². The van der Waals surface area contributed by atoms with Crippen molar-refractivity contribution in [3.05, 3.63) is 0 Å². The van der Waals surface area contributed by atoms with Crippen LogP contribution in [0.1, 0.15) is 6.42 Å². The Labute approximate surface area is 52.7 Å². The van der Waals surface area contributed by atoms with E-state index in [0.29, 0.717) is 0 Å². The molecule has 9 heavy (non-hydrogen) atoms. The van der Waals surface area contributed by atoms with Crippen molar-refractivity contribution < 1.29 is 14.3 Å². The third-order valence-corrected chi connectivity index (χ3v) is 1.09. The number of hydrogen-bond donors (Lipinski definition) is 2. The number of alkyl halides is 1. The Bertz CT molecular complexity index is 97.0. The van der Waals surface area contributed by atoms with Gasteiger partial charge in [0.05, 0.1) is 12.6 Å². The second-order valence-corrected chi connectivity index (χ2v) is 1.75. The molecule has 3 nitrogen and oxygen atoms in total. The summed E-state index contributed by atoms with van der Waals surface area (Å²) in [5, 5.41) is 8.26. The summed E-state index contributed by atoms with van der Waals surface area (Å²) in [6.07, 6.45) is 0.0197. The molecule has 0 heterocycles. The lowest BCUT2D eigenvalue weighted by atomic mass is 10.1. The maximum Gasteiger partial charge on any atom is 0.307 e. The molecule has 0 fully saturated rings. The Morgan fingerprint density at radius 1 is 1.78 bits per heavy atom. The molecule has 0 radical (unpaired) electrons. The average Bonchev–Trinajstić information content (AvgIpc) is 1.82. The van der Waals surface area contributed by atoms with Crippen LogP contribution in [0, 0.1) is 5.92 Å². The van der Waals surface area contributed by atoms with Gasteiger partial charge in [-0.15, -0.1) is 0 Å². The molecular formula is C5H10FNO2. The number of nitrogens with two attached hydrogens (primary N) is 1. The minimum Gasteiger partial charge on any atom is -0.481 e. The molecule has 3 N–H and O–H groups in total. The van der Waals surface area contributed by atoms with Crippen molar-refractivity contribution in [2.75, 3.05) is 13.2 Å². The lowest BCUT2D eigenvalue weighted by molar-refractivity contribution is -0.141. The fraction of sp³-hybridized carbons (Fsp3) is 0.800. The lowest BCUT2D eigenvalue weighted by Gasteiger charge is -2.04. The molecular weight excluding hydrogens is 125 g/mol. The highest BCUT2D eigenvalue weighted by molar-refractivity contribution is 5.70. The van der Waals surface area contributed by atoms with Crippen LogP contribution in [0.25, 0.3) is 0 Å². The number of carbonyl (C=O) groups is 1. The third kappa shape index (κ3) is 3.03. The number of carboxylic acids is 1. The highest BCUT2D eigenvalue weighted by Crippen LogP contribution is 2.00. The molecule has 54 valence electrons. The van der Waals surface area contributed by atoms with Gasteiger partial charge in [-0.25, -0.2) is 0 Å². The van der Waals surface area contributed by atoms with Crippen molar-refractivity contribution in [1.82, 2.24) is 0 Å². The van der Waals surface area contributed by atoms with Gasteiger partial charge < -0.3 is 10.8 Å². The molecule has 0 aromatic heterocycles. The van der Waals surface area contributed by atoms with Crippen molar-refractivity contribution in [2.45, 2.75) is 6.42 Å². The largest absolute Gasteiger partial charge is 0.481 e. The van der Waals surface area contributed by atoms with Gasteiger partial charge in [0.2, 0.25) is 0 Å². The molecule has 1 atom stereocenters. The van der Waals surface area contributed by atoms with E-state index in [4.69, 9.17) is 10.8 Å². The molecule has 0 aliphatic heterocycles. The summed E-state index contributed by atoms with van der Waals surface area (Å²) in [5.41, 5.74) is 5.01. The molecule has 4 heteroatoms. The van der Waals surface area contributed by atoms with E-state index in [2.05, 4.69) is 0 Å². The smallest absolute Gasteiger partial charge is 0.307 e. The van der Waals surface area contributed by atoms with Crippen LogP contribution in [0.4, 0.5) is 4.39 Å². The zero-order valence-electron chi connectivity index (χ0n) is 5.01. The first-order valence-electron chi connectivity index (χ1n) is 2.71. The Hall–Kier alpha value is -0.640. The molecule has 0 saturated heterocycles. The summed E-state index contributed by atoms with van der Waals surface area (Å²) in [4.78, 5) is 10.1. The first kappa shape index (κ1) is 8.36. The Kier molecular flexibility index (Phi) is 3.96. The molecule has 0 amide bonds. The Morgan fingerprint density at radius 3 is 2.44 bits per heavy atom. The van der Waals surface area contributed by atoms with E-state index < -0.39 is 18.6 Å². The molecule has 0 bridgehead atoms. The number of rotatable bonds is 4. The van der Waals surface area contributed by atoms with Gasteiger partial charge in [-0.2, -0.15) is 0 Å². The zero-order chi connectivity index (χ0) is 7.28. The fourth-order valence-corrected chi connectivity index (χ4v) is 0.474. The fourth-order valence-electron chi connectivity index (χ4n) is 0.474. The second kappa shape index (κ2) is 4.26. The number of hydrogen-bond acceptors (Lipinski definition) is 2. The van der Waals surface area contributed by atoms with Gasteiger partial charge in [0.15, 0.2) is 0 Å². The topological polar surface area (TPSA) is 63.3 Å². The van der Waals surface area contributed by atoms with E-state index in [-0.39, 0.29) is 13.0 Å². The van der Waals surface area contributed by atoms with Crippen LogP contribution in [0.3, 0.4) is 0 Å². The highest BCUT2D eigenvalue weighted by Gasteiger charge is 2.13. The standard InChI is InChI=1S/C5H10FNO2/c6-2-1-4(3-7)5(8)9/h4H,1-3,7H2,(H,8,9). The summed E-state index contributed by atoms with van der Waals surface area (Å²) < 4.78 is 11.5. The van der Waals surface area contributed by atoms with Crippen molar-refractivity contribution in [1.29, 1.82) is 0 Å². The van der Waals surface area contributed by atoms with Gasteiger partial charge >= 0.3 is 5.97 Å². The Balaban J connectivity index is 3.54. The number of carboxylic acid groups (broad SMARTS) is 1. The summed E-state index contributed by atoms with van der Waals surface area (Å²) in [7, 11) is 0. The van der Waals surface area contributed by atoms with Gasteiger partial charge in [0, 0.05) is 6.54 Å². The van der Waals surface area contributed by atoms with E-state index in [1.807, 2.05) is 0 Å². The first-order valence-corrected chi connectivity index (χ1v) is 2.71. The number of halogens is 1. The van der Waals surface area contributed by atoms with E-state index in [0.717, 1.165) is 0 Å². The molecule has 0 aliphatic carbocycles. The molecule has 0 spiro atoms. The van der Waals surface area contributed by atoms with Gasteiger partial charge in [0.25, 0.3) is 0 Å². The maximum absolute atomic E-state index is 11.5. The van der Waals surface area contributed by atoms with Crippen LogP contribution in [-0.4, -0.2) is 24.3 Å². The van der Waals surface area contributed by atoms with Crippen molar-refractivity contribution in [3.63, 3.8) is 0 Å². The van der Waals surface area contributed by atoms with Crippen LogP contribution in [-0.2, 0) is 4.79 Å². The minimum absolute atomic E-state index is 0.0131. The third-order valence-electron chi connectivity index (χ3n) is 1.09. The molecule has 1 unspecified atom stereocenters. The van der Waals surface area contributed by atoms with Crippen molar-refractivity contribution in [3.8, 4) is 0 Å². The normalized spacial score (nSPS) is 13.1. The van der Waals surface area contributed by atoms with Crippen molar-refractivity contribution >= 4 is 5.97 Å². The highest BCUT2D eigenvalue weighted by atomic mass is 19.1. The summed E-state index contributed by atoms with van der Waals surface area (Å²) in [6.45, 7) is -0.604. The van der Waals surface area contributed by atoms with E-state index in [9.17, 15) is 9.18 Å². The van der Waals surface area contributed by atoms with E-state index in [1.54, 1.807) is 0 Å².